The Bertz CT molecular complexity index is 547. The molecular formula is C11H11N3O4S. The number of nitrogens with one attached hydrogen (secondary N) is 2. The third-order valence-electron chi connectivity index (χ3n) is 2.25. The first kappa shape index (κ1) is 13.4. The van der Waals surface area contributed by atoms with Gasteiger partial charge in [-0.25, -0.2) is 5.48 Å². The van der Waals surface area contributed by atoms with Crippen molar-refractivity contribution in [3.05, 3.63) is 23.8 Å². The topological polar surface area (TPSA) is 111 Å². The molecule has 1 aliphatic rings. The van der Waals surface area contributed by atoms with Gasteiger partial charge in [-0.1, -0.05) is 0 Å². The fourth-order valence-electron chi connectivity index (χ4n) is 1.46. The monoisotopic (exact) mass is 281 g/mol. The van der Waals surface area contributed by atoms with Gasteiger partial charge in [0.05, 0.1) is 11.4 Å². The van der Waals surface area contributed by atoms with Crippen LogP contribution in [-0.2, 0) is 14.4 Å². The van der Waals surface area contributed by atoms with Gasteiger partial charge in [-0.3, -0.25) is 19.2 Å². The number of anilines is 1. The summed E-state index contributed by atoms with van der Waals surface area (Å²) in [6, 6.07) is 4.89. The second-order valence-electron chi connectivity index (χ2n) is 3.73. The largest absolute Gasteiger partial charge is 0.368 e. The van der Waals surface area contributed by atoms with Gasteiger partial charge in [0.1, 0.15) is 0 Å². The SMILES string of the molecule is NC(=O)CONC(=O)c1ccc2c(c1)NC(=O)CS2. The smallest absolute Gasteiger partial charge is 0.274 e. The van der Waals surface area contributed by atoms with E-state index in [0.29, 0.717) is 17.0 Å². The number of rotatable bonds is 4. The zero-order valence-corrected chi connectivity index (χ0v) is 10.6. The number of nitrogens with two attached hydrogens (primary N) is 1. The molecule has 0 saturated carbocycles. The number of benzene rings is 1. The highest BCUT2D eigenvalue weighted by atomic mass is 32.2. The summed E-state index contributed by atoms with van der Waals surface area (Å²) < 4.78 is 0. The predicted octanol–water partition coefficient (Wildman–Crippen LogP) is -0.122. The summed E-state index contributed by atoms with van der Waals surface area (Å²) in [6.07, 6.45) is 0. The molecule has 2 rings (SSSR count). The number of carbonyl (C=O) groups excluding carboxylic acids is 3. The summed E-state index contributed by atoms with van der Waals surface area (Å²) in [6.45, 7) is -0.400. The van der Waals surface area contributed by atoms with Gasteiger partial charge >= 0.3 is 0 Å². The Labute approximate surface area is 112 Å². The molecule has 0 bridgehead atoms. The van der Waals surface area contributed by atoms with Crippen molar-refractivity contribution in [3.8, 4) is 0 Å². The normalized spacial score (nSPS) is 13.4. The lowest BCUT2D eigenvalue weighted by molar-refractivity contribution is -0.124. The fourth-order valence-corrected chi connectivity index (χ4v) is 2.24. The van der Waals surface area contributed by atoms with E-state index >= 15 is 0 Å². The van der Waals surface area contributed by atoms with Crippen molar-refractivity contribution in [1.82, 2.24) is 5.48 Å². The lowest BCUT2D eigenvalue weighted by Gasteiger charge is -2.16. The van der Waals surface area contributed by atoms with E-state index in [1.54, 1.807) is 18.2 Å². The summed E-state index contributed by atoms with van der Waals surface area (Å²) in [5.74, 6) is -0.955. The van der Waals surface area contributed by atoms with Crippen LogP contribution >= 0.6 is 11.8 Å². The Balaban J connectivity index is 2.04. The van der Waals surface area contributed by atoms with Crippen LogP contribution in [0.1, 0.15) is 10.4 Å². The van der Waals surface area contributed by atoms with Crippen LogP contribution in [0.3, 0.4) is 0 Å². The van der Waals surface area contributed by atoms with Gasteiger partial charge < -0.3 is 11.1 Å². The van der Waals surface area contributed by atoms with Crippen molar-refractivity contribution in [1.29, 1.82) is 0 Å². The van der Waals surface area contributed by atoms with Crippen molar-refractivity contribution in [2.24, 2.45) is 5.73 Å². The lowest BCUT2D eigenvalue weighted by atomic mass is 10.2. The van der Waals surface area contributed by atoms with Gasteiger partial charge in [0, 0.05) is 10.5 Å². The molecule has 100 valence electrons. The van der Waals surface area contributed by atoms with Crippen molar-refractivity contribution in [3.63, 3.8) is 0 Å². The van der Waals surface area contributed by atoms with Gasteiger partial charge in [-0.2, -0.15) is 0 Å². The third-order valence-corrected chi connectivity index (χ3v) is 3.33. The maximum Gasteiger partial charge on any atom is 0.274 e. The first-order chi connectivity index (χ1) is 9.06. The number of thioether (sulfide) groups is 1. The number of fused-ring (bicyclic) bond motifs is 1. The van der Waals surface area contributed by atoms with E-state index in [2.05, 4.69) is 15.6 Å². The van der Waals surface area contributed by atoms with E-state index in [1.807, 2.05) is 0 Å². The molecule has 1 aliphatic heterocycles. The Morgan fingerprint density at radius 2 is 2.26 bits per heavy atom. The quantitative estimate of drug-likeness (QED) is 0.666. The predicted molar refractivity (Wildman–Crippen MR) is 68.4 cm³/mol. The Morgan fingerprint density at radius 1 is 1.47 bits per heavy atom. The van der Waals surface area contributed by atoms with Crippen LogP contribution in [0, 0.1) is 0 Å². The maximum absolute atomic E-state index is 11.7. The standard InChI is InChI=1S/C11H11N3O4S/c12-9(15)4-18-14-11(17)6-1-2-8-7(3-6)13-10(16)5-19-8/h1-3H,4-5H2,(H2,12,15)(H,13,16)(H,14,17). The molecule has 0 fully saturated rings. The van der Waals surface area contributed by atoms with Crippen molar-refractivity contribution in [2.75, 3.05) is 17.7 Å². The number of hydrogen-bond donors (Lipinski definition) is 3. The average molecular weight is 281 g/mol. The molecule has 0 spiro atoms. The summed E-state index contributed by atoms with van der Waals surface area (Å²) in [4.78, 5) is 38.9. The molecule has 4 N–H and O–H groups in total. The lowest BCUT2D eigenvalue weighted by Crippen LogP contribution is -2.29. The van der Waals surface area contributed by atoms with E-state index < -0.39 is 18.4 Å². The maximum atomic E-state index is 11.7. The van der Waals surface area contributed by atoms with Crippen LogP contribution < -0.4 is 16.5 Å². The zero-order valence-electron chi connectivity index (χ0n) is 9.76. The Morgan fingerprint density at radius 3 is 3.00 bits per heavy atom. The van der Waals surface area contributed by atoms with Crippen molar-refractivity contribution >= 4 is 35.2 Å². The Hall–Kier alpha value is -2.06. The van der Waals surface area contributed by atoms with Gasteiger partial charge in [0.25, 0.3) is 5.91 Å². The summed E-state index contributed by atoms with van der Waals surface area (Å²) >= 11 is 1.40. The highest BCUT2D eigenvalue weighted by Gasteiger charge is 2.17. The number of amides is 3. The van der Waals surface area contributed by atoms with Crippen LogP contribution in [0.5, 0.6) is 0 Å². The van der Waals surface area contributed by atoms with Crippen LogP contribution in [0.2, 0.25) is 0 Å². The van der Waals surface area contributed by atoms with E-state index in [9.17, 15) is 14.4 Å². The second kappa shape index (κ2) is 5.72. The molecule has 0 aliphatic carbocycles. The molecule has 19 heavy (non-hydrogen) atoms. The summed E-state index contributed by atoms with van der Waals surface area (Å²) in [5.41, 5.74) is 7.85. The highest BCUT2D eigenvalue weighted by Crippen LogP contribution is 2.31. The van der Waals surface area contributed by atoms with Gasteiger partial charge in [-0.15, -0.1) is 11.8 Å². The van der Waals surface area contributed by atoms with Crippen molar-refractivity contribution < 1.29 is 19.2 Å². The van der Waals surface area contributed by atoms with E-state index in [1.165, 1.54) is 11.8 Å². The molecule has 1 heterocycles. The molecule has 7 nitrogen and oxygen atoms in total. The van der Waals surface area contributed by atoms with Gasteiger partial charge in [0.2, 0.25) is 11.8 Å². The summed E-state index contributed by atoms with van der Waals surface area (Å²) in [5, 5.41) is 2.67. The number of primary amides is 1. The average Bonchev–Trinajstić information content (AvgIpc) is 2.37. The second-order valence-corrected chi connectivity index (χ2v) is 4.75. The zero-order chi connectivity index (χ0) is 13.8. The fraction of sp³-hybridized carbons (Fsp3) is 0.182. The van der Waals surface area contributed by atoms with Crippen LogP contribution in [0.15, 0.2) is 23.1 Å². The first-order valence-electron chi connectivity index (χ1n) is 5.33. The first-order valence-corrected chi connectivity index (χ1v) is 6.32. The van der Waals surface area contributed by atoms with E-state index in [4.69, 9.17) is 5.73 Å². The van der Waals surface area contributed by atoms with Crippen molar-refractivity contribution in [2.45, 2.75) is 4.90 Å². The molecule has 0 radical (unpaired) electrons. The number of hydroxylamine groups is 1. The molecule has 0 unspecified atom stereocenters. The summed E-state index contributed by atoms with van der Waals surface area (Å²) in [7, 11) is 0. The molecule has 8 heteroatoms. The molecular weight excluding hydrogens is 270 g/mol. The minimum atomic E-state index is -0.686. The number of carbonyl (C=O) groups is 3. The van der Waals surface area contributed by atoms with Gasteiger partial charge in [0.15, 0.2) is 6.61 Å². The molecule has 0 aromatic heterocycles. The molecule has 3 amide bonds. The molecule has 1 aromatic rings. The van der Waals surface area contributed by atoms with Gasteiger partial charge in [-0.05, 0) is 18.2 Å². The molecule has 1 aromatic carbocycles. The van der Waals surface area contributed by atoms with Crippen LogP contribution in [0.25, 0.3) is 0 Å². The van der Waals surface area contributed by atoms with Crippen LogP contribution in [0.4, 0.5) is 5.69 Å². The highest BCUT2D eigenvalue weighted by molar-refractivity contribution is 8.00. The van der Waals surface area contributed by atoms with E-state index in [0.717, 1.165) is 4.90 Å². The molecule has 0 saturated heterocycles. The van der Waals surface area contributed by atoms with Crippen LogP contribution in [-0.4, -0.2) is 30.1 Å². The Kier molecular flexibility index (Phi) is 4.03. The van der Waals surface area contributed by atoms with E-state index in [-0.39, 0.29) is 5.91 Å². The minimum absolute atomic E-state index is 0.111. The molecule has 0 atom stereocenters. The number of hydrogen-bond acceptors (Lipinski definition) is 5. The minimum Gasteiger partial charge on any atom is -0.368 e. The third kappa shape index (κ3) is 3.46.